The predicted molar refractivity (Wildman–Crippen MR) is 58.0 cm³/mol. The highest BCUT2D eigenvalue weighted by atomic mass is 16.1. The number of hydrogen-bond donors (Lipinski definition) is 1. The van der Waals surface area contributed by atoms with Crippen LogP contribution >= 0.6 is 0 Å². The SMILES string of the molecule is Cn1cc(N[C]=O)c(-c2ccccc2)n1. The Morgan fingerprint density at radius 2 is 2.07 bits per heavy atom. The van der Waals surface area contributed by atoms with Gasteiger partial charge < -0.3 is 5.32 Å². The molecule has 0 aliphatic rings. The number of carbonyl (C=O) groups excluding carboxylic acids is 1. The summed E-state index contributed by atoms with van der Waals surface area (Å²) in [6.07, 6.45) is 3.40. The molecule has 1 amide bonds. The quantitative estimate of drug-likeness (QED) is 0.764. The second kappa shape index (κ2) is 3.96. The average molecular weight is 200 g/mol. The molecule has 2 aromatic rings. The molecule has 0 saturated carbocycles. The van der Waals surface area contributed by atoms with Gasteiger partial charge in [-0.3, -0.25) is 9.48 Å². The van der Waals surface area contributed by atoms with Crippen LogP contribution in [-0.4, -0.2) is 16.2 Å². The minimum atomic E-state index is 0.665. The summed E-state index contributed by atoms with van der Waals surface area (Å²) in [7, 11) is 1.81. The van der Waals surface area contributed by atoms with Gasteiger partial charge in [-0.2, -0.15) is 5.10 Å². The Morgan fingerprint density at radius 3 is 2.73 bits per heavy atom. The van der Waals surface area contributed by atoms with E-state index in [0.717, 1.165) is 11.3 Å². The molecule has 1 aromatic heterocycles. The summed E-state index contributed by atoms with van der Waals surface area (Å²) in [5.74, 6) is 0. The van der Waals surface area contributed by atoms with E-state index in [1.54, 1.807) is 17.3 Å². The van der Waals surface area contributed by atoms with Gasteiger partial charge in [0.15, 0.2) is 0 Å². The van der Waals surface area contributed by atoms with E-state index in [9.17, 15) is 4.79 Å². The van der Waals surface area contributed by atoms with Gasteiger partial charge in [0.25, 0.3) is 0 Å². The molecule has 1 aromatic carbocycles. The number of amides is 1. The smallest absolute Gasteiger partial charge is 0.314 e. The normalized spacial score (nSPS) is 9.93. The van der Waals surface area contributed by atoms with Crippen LogP contribution < -0.4 is 5.32 Å². The molecule has 1 radical (unpaired) electrons. The first-order valence-corrected chi connectivity index (χ1v) is 4.53. The molecule has 4 heteroatoms. The van der Waals surface area contributed by atoms with E-state index in [0.29, 0.717) is 5.69 Å². The zero-order valence-corrected chi connectivity index (χ0v) is 8.27. The second-order valence-corrected chi connectivity index (χ2v) is 3.16. The molecule has 15 heavy (non-hydrogen) atoms. The highest BCUT2D eigenvalue weighted by Gasteiger charge is 2.08. The lowest BCUT2D eigenvalue weighted by Crippen LogP contribution is -1.93. The van der Waals surface area contributed by atoms with Crippen molar-refractivity contribution in [3.63, 3.8) is 0 Å². The molecular formula is C11H10N3O. The Kier molecular flexibility index (Phi) is 2.49. The van der Waals surface area contributed by atoms with Gasteiger partial charge in [-0.05, 0) is 0 Å². The van der Waals surface area contributed by atoms with Crippen molar-refractivity contribution in [2.24, 2.45) is 7.05 Å². The van der Waals surface area contributed by atoms with Gasteiger partial charge in [0.1, 0.15) is 5.69 Å². The number of hydrogen-bond acceptors (Lipinski definition) is 2. The van der Waals surface area contributed by atoms with Crippen LogP contribution in [0.25, 0.3) is 11.3 Å². The van der Waals surface area contributed by atoms with Crippen LogP contribution in [0.1, 0.15) is 0 Å². The fourth-order valence-electron chi connectivity index (χ4n) is 1.44. The average Bonchev–Trinajstić information content (AvgIpc) is 2.62. The highest BCUT2D eigenvalue weighted by molar-refractivity contribution is 5.82. The summed E-state index contributed by atoms with van der Waals surface area (Å²) < 4.78 is 1.65. The van der Waals surface area contributed by atoms with Gasteiger partial charge in [0.05, 0.1) is 5.69 Å². The second-order valence-electron chi connectivity index (χ2n) is 3.16. The Balaban J connectivity index is 2.47. The number of nitrogens with zero attached hydrogens (tertiary/aromatic N) is 2. The van der Waals surface area contributed by atoms with Crippen LogP contribution in [0.5, 0.6) is 0 Å². The molecule has 0 bridgehead atoms. The van der Waals surface area contributed by atoms with E-state index < -0.39 is 0 Å². The minimum absolute atomic E-state index is 0.665. The van der Waals surface area contributed by atoms with Crippen LogP contribution in [0.15, 0.2) is 36.5 Å². The third-order valence-corrected chi connectivity index (χ3v) is 2.06. The van der Waals surface area contributed by atoms with Gasteiger partial charge in [0.2, 0.25) is 0 Å². The van der Waals surface area contributed by atoms with Crippen LogP contribution in [0, 0.1) is 0 Å². The van der Waals surface area contributed by atoms with Gasteiger partial charge in [-0.25, -0.2) is 0 Å². The van der Waals surface area contributed by atoms with E-state index in [1.807, 2.05) is 37.4 Å². The summed E-state index contributed by atoms with van der Waals surface area (Å²) >= 11 is 0. The van der Waals surface area contributed by atoms with Gasteiger partial charge in [-0.15, -0.1) is 0 Å². The Bertz CT molecular complexity index is 462. The van der Waals surface area contributed by atoms with Crippen LogP contribution in [-0.2, 0) is 11.8 Å². The van der Waals surface area contributed by atoms with Gasteiger partial charge in [0, 0.05) is 18.8 Å². The van der Waals surface area contributed by atoms with Crippen molar-refractivity contribution >= 4 is 12.1 Å². The minimum Gasteiger partial charge on any atom is -0.314 e. The Morgan fingerprint density at radius 1 is 1.33 bits per heavy atom. The molecule has 0 unspecified atom stereocenters. The van der Waals surface area contributed by atoms with E-state index in [1.165, 1.54) is 0 Å². The molecule has 2 rings (SSSR count). The van der Waals surface area contributed by atoms with E-state index >= 15 is 0 Å². The third-order valence-electron chi connectivity index (χ3n) is 2.06. The van der Waals surface area contributed by atoms with Crippen LogP contribution in [0.2, 0.25) is 0 Å². The molecule has 1 N–H and O–H groups in total. The van der Waals surface area contributed by atoms with Crippen molar-refractivity contribution in [1.82, 2.24) is 9.78 Å². The standard InChI is InChI=1S/C11H10N3O/c1-14-7-10(12-8-15)11(13-14)9-5-3-2-4-6-9/h2-7H,1H3,(H,12,15). The fourth-order valence-corrected chi connectivity index (χ4v) is 1.44. The van der Waals surface area contributed by atoms with E-state index in [2.05, 4.69) is 10.4 Å². The molecule has 0 fully saturated rings. The first-order chi connectivity index (χ1) is 7.31. The molecule has 0 saturated heterocycles. The predicted octanol–water partition coefficient (Wildman–Crippen LogP) is 1.57. The van der Waals surface area contributed by atoms with Gasteiger partial charge >= 0.3 is 6.41 Å². The van der Waals surface area contributed by atoms with Crippen molar-refractivity contribution in [2.45, 2.75) is 0 Å². The monoisotopic (exact) mass is 200 g/mol. The molecule has 0 aliphatic heterocycles. The van der Waals surface area contributed by atoms with Crippen molar-refractivity contribution < 1.29 is 4.79 Å². The first kappa shape index (κ1) is 9.45. The van der Waals surface area contributed by atoms with E-state index in [-0.39, 0.29) is 0 Å². The number of aryl methyl sites for hydroxylation is 1. The molecule has 75 valence electrons. The maximum absolute atomic E-state index is 10.3. The first-order valence-electron chi connectivity index (χ1n) is 4.53. The molecule has 0 aliphatic carbocycles. The summed E-state index contributed by atoms with van der Waals surface area (Å²) in [6.45, 7) is 0. The Hall–Kier alpha value is -2.10. The zero-order chi connectivity index (χ0) is 10.7. The molecule has 0 atom stereocenters. The summed E-state index contributed by atoms with van der Waals surface area (Å²) in [5, 5.41) is 6.78. The molecule has 4 nitrogen and oxygen atoms in total. The lowest BCUT2D eigenvalue weighted by Gasteiger charge is -1.98. The van der Waals surface area contributed by atoms with E-state index in [4.69, 9.17) is 0 Å². The number of aromatic nitrogens is 2. The largest absolute Gasteiger partial charge is 0.314 e. The van der Waals surface area contributed by atoms with Crippen molar-refractivity contribution in [3.8, 4) is 11.3 Å². The summed E-state index contributed by atoms with van der Waals surface area (Å²) in [6, 6.07) is 9.68. The fraction of sp³-hybridized carbons (Fsp3) is 0.0909. The summed E-state index contributed by atoms with van der Waals surface area (Å²) in [4.78, 5) is 10.3. The molecular weight excluding hydrogens is 190 g/mol. The Labute approximate surface area is 87.5 Å². The van der Waals surface area contributed by atoms with Crippen molar-refractivity contribution in [2.75, 3.05) is 5.32 Å². The zero-order valence-electron chi connectivity index (χ0n) is 8.27. The number of anilines is 1. The van der Waals surface area contributed by atoms with Crippen molar-refractivity contribution in [3.05, 3.63) is 36.5 Å². The molecule has 1 heterocycles. The number of benzene rings is 1. The summed E-state index contributed by atoms with van der Waals surface area (Å²) in [5.41, 5.74) is 2.39. The number of nitrogens with one attached hydrogen (secondary N) is 1. The van der Waals surface area contributed by atoms with Crippen LogP contribution in [0.3, 0.4) is 0 Å². The maximum Gasteiger partial charge on any atom is 0.314 e. The lowest BCUT2D eigenvalue weighted by molar-refractivity contribution is 0.561. The van der Waals surface area contributed by atoms with Gasteiger partial charge in [-0.1, -0.05) is 30.3 Å². The number of rotatable bonds is 3. The van der Waals surface area contributed by atoms with Crippen molar-refractivity contribution in [1.29, 1.82) is 0 Å². The topological polar surface area (TPSA) is 46.9 Å². The van der Waals surface area contributed by atoms with Crippen LogP contribution in [0.4, 0.5) is 5.69 Å². The highest BCUT2D eigenvalue weighted by Crippen LogP contribution is 2.25. The maximum atomic E-state index is 10.3. The lowest BCUT2D eigenvalue weighted by atomic mass is 10.1. The molecule has 0 spiro atoms. The third kappa shape index (κ3) is 1.88.